The molecule has 8 atom stereocenters. The number of hydrogen-bond donors (Lipinski definition) is 1. The Kier molecular flexibility index (Phi) is 4.57. The first kappa shape index (κ1) is 19.2. The summed E-state index contributed by atoms with van der Waals surface area (Å²) < 4.78 is 5.57. The fourth-order valence-electron chi connectivity index (χ4n) is 7.84. The number of allylic oxidation sites excluding steroid dienone is 1. The molecule has 3 fully saturated rings. The number of carbonyl (C=O) groups is 2. The van der Waals surface area contributed by atoms with Crippen LogP contribution < -0.4 is 0 Å². The van der Waals surface area contributed by atoms with Gasteiger partial charge in [-0.1, -0.05) is 19.4 Å². The molecule has 0 heterocycles. The smallest absolute Gasteiger partial charge is 0.302 e. The number of aliphatic hydroxyl groups excluding tert-OH is 1. The number of ketones is 1. The Hall–Kier alpha value is -1.16. The lowest BCUT2D eigenvalue weighted by Crippen LogP contribution is -2.57. The summed E-state index contributed by atoms with van der Waals surface area (Å²) in [6.07, 6.45) is 8.03. The maximum atomic E-state index is 12.0. The topological polar surface area (TPSA) is 63.6 Å². The molecule has 0 aromatic rings. The Morgan fingerprint density at radius 1 is 1.26 bits per heavy atom. The zero-order valence-electron chi connectivity index (χ0n) is 17.2. The highest BCUT2D eigenvalue weighted by atomic mass is 16.5. The van der Waals surface area contributed by atoms with E-state index in [9.17, 15) is 14.7 Å². The summed E-state index contributed by atoms with van der Waals surface area (Å²) >= 11 is 0. The van der Waals surface area contributed by atoms with E-state index in [0.717, 1.165) is 38.5 Å². The number of aliphatic hydroxyl groups is 1. The second-order valence-corrected chi connectivity index (χ2v) is 10.2. The third kappa shape index (κ3) is 2.82. The van der Waals surface area contributed by atoms with Crippen molar-refractivity contribution in [3.8, 4) is 0 Å². The van der Waals surface area contributed by atoms with Crippen LogP contribution in [-0.4, -0.2) is 29.1 Å². The molecule has 0 aromatic heterocycles. The fraction of sp³-hybridized carbons (Fsp3) is 0.826. The van der Waals surface area contributed by atoms with Gasteiger partial charge in [-0.3, -0.25) is 9.59 Å². The lowest BCUT2D eigenvalue weighted by atomic mass is 9.46. The van der Waals surface area contributed by atoms with E-state index in [1.54, 1.807) is 0 Å². The highest BCUT2D eigenvalue weighted by molar-refractivity contribution is 5.91. The maximum Gasteiger partial charge on any atom is 0.302 e. The summed E-state index contributed by atoms with van der Waals surface area (Å²) in [4.78, 5) is 23.4. The summed E-state index contributed by atoms with van der Waals surface area (Å²) in [6.45, 7) is 8.12. The number of carbonyl (C=O) groups excluding carboxylic acids is 2. The number of hydrogen-bond acceptors (Lipinski definition) is 4. The minimum absolute atomic E-state index is 0.0253. The Labute approximate surface area is 162 Å². The van der Waals surface area contributed by atoms with Crippen LogP contribution in [0.25, 0.3) is 0 Å². The minimum Gasteiger partial charge on any atom is -0.463 e. The van der Waals surface area contributed by atoms with Crippen molar-refractivity contribution in [1.29, 1.82) is 0 Å². The quantitative estimate of drug-likeness (QED) is 0.741. The second kappa shape index (κ2) is 6.43. The molecule has 4 nitrogen and oxygen atoms in total. The summed E-state index contributed by atoms with van der Waals surface area (Å²) in [7, 11) is 0. The van der Waals surface area contributed by atoms with Gasteiger partial charge in [-0.2, -0.15) is 0 Å². The highest BCUT2D eigenvalue weighted by Crippen LogP contribution is 2.67. The summed E-state index contributed by atoms with van der Waals surface area (Å²) in [5.41, 5.74) is 1.28. The van der Waals surface area contributed by atoms with E-state index in [2.05, 4.69) is 13.8 Å². The molecule has 0 spiro atoms. The van der Waals surface area contributed by atoms with Crippen molar-refractivity contribution in [3.05, 3.63) is 11.6 Å². The highest BCUT2D eigenvalue weighted by Gasteiger charge is 2.62. The molecule has 0 aliphatic heterocycles. The van der Waals surface area contributed by atoms with Crippen LogP contribution >= 0.6 is 0 Å². The SMILES string of the molecule is CC(=O)O[C@H](C)[C@@H]1CC[C@@H]2[C@H]3CCC4=CC(=O)CC[C@]4(C)[C@@H]3[C@@H](O)C[C@]21C. The number of esters is 1. The number of fused-ring (bicyclic) bond motifs is 5. The summed E-state index contributed by atoms with van der Waals surface area (Å²) in [6, 6.07) is 0. The van der Waals surface area contributed by atoms with E-state index >= 15 is 0 Å². The van der Waals surface area contributed by atoms with Gasteiger partial charge in [-0.15, -0.1) is 0 Å². The summed E-state index contributed by atoms with van der Waals surface area (Å²) in [5.74, 6) is 1.70. The fourth-order valence-corrected chi connectivity index (χ4v) is 7.84. The molecule has 0 radical (unpaired) electrons. The molecule has 0 aromatic carbocycles. The van der Waals surface area contributed by atoms with Crippen LogP contribution in [0.15, 0.2) is 11.6 Å². The molecule has 0 unspecified atom stereocenters. The third-order valence-electron chi connectivity index (χ3n) is 8.89. The molecule has 4 aliphatic carbocycles. The van der Waals surface area contributed by atoms with E-state index in [1.807, 2.05) is 13.0 Å². The van der Waals surface area contributed by atoms with Crippen molar-refractivity contribution in [2.75, 3.05) is 0 Å². The number of rotatable bonds is 2. The first-order valence-electron chi connectivity index (χ1n) is 10.8. The van der Waals surface area contributed by atoms with Gasteiger partial charge in [0.15, 0.2) is 5.78 Å². The number of ether oxygens (including phenoxy) is 1. The molecule has 4 heteroatoms. The van der Waals surface area contributed by atoms with Gasteiger partial charge >= 0.3 is 5.97 Å². The van der Waals surface area contributed by atoms with Crippen LogP contribution in [0.2, 0.25) is 0 Å². The molecule has 4 aliphatic rings. The first-order valence-corrected chi connectivity index (χ1v) is 10.8. The molecule has 4 rings (SSSR count). The minimum atomic E-state index is -0.344. The average molecular weight is 375 g/mol. The monoisotopic (exact) mass is 374 g/mol. The van der Waals surface area contributed by atoms with Crippen LogP contribution in [0.3, 0.4) is 0 Å². The van der Waals surface area contributed by atoms with Crippen LogP contribution in [0.1, 0.15) is 72.6 Å². The molecule has 0 amide bonds. The van der Waals surface area contributed by atoms with Crippen molar-refractivity contribution >= 4 is 11.8 Å². The normalized spacial score (nSPS) is 47.4. The Bertz CT molecular complexity index is 682. The zero-order chi connectivity index (χ0) is 19.6. The molecular weight excluding hydrogens is 340 g/mol. The van der Waals surface area contributed by atoms with Gasteiger partial charge in [0.2, 0.25) is 0 Å². The van der Waals surface area contributed by atoms with Gasteiger partial charge in [0, 0.05) is 19.3 Å². The van der Waals surface area contributed by atoms with Gasteiger partial charge < -0.3 is 9.84 Å². The van der Waals surface area contributed by atoms with Crippen molar-refractivity contribution in [3.63, 3.8) is 0 Å². The third-order valence-corrected chi connectivity index (χ3v) is 8.89. The van der Waals surface area contributed by atoms with E-state index in [4.69, 9.17) is 4.74 Å². The Morgan fingerprint density at radius 2 is 2.00 bits per heavy atom. The lowest BCUT2D eigenvalue weighted by molar-refractivity contribution is -0.159. The summed E-state index contributed by atoms with van der Waals surface area (Å²) in [5, 5.41) is 11.3. The van der Waals surface area contributed by atoms with Gasteiger partial charge in [0.1, 0.15) is 6.10 Å². The van der Waals surface area contributed by atoms with Crippen LogP contribution in [0, 0.1) is 34.5 Å². The van der Waals surface area contributed by atoms with Crippen LogP contribution in [0.4, 0.5) is 0 Å². The van der Waals surface area contributed by atoms with Crippen LogP contribution in [0.5, 0.6) is 0 Å². The van der Waals surface area contributed by atoms with E-state index in [1.165, 1.54) is 12.5 Å². The Morgan fingerprint density at radius 3 is 2.70 bits per heavy atom. The second-order valence-electron chi connectivity index (χ2n) is 10.2. The molecule has 150 valence electrons. The maximum absolute atomic E-state index is 12.0. The van der Waals surface area contributed by atoms with Gasteiger partial charge in [-0.05, 0) is 80.1 Å². The van der Waals surface area contributed by atoms with Crippen molar-refractivity contribution < 1.29 is 19.4 Å². The van der Waals surface area contributed by atoms with E-state index in [0.29, 0.717) is 24.2 Å². The molecule has 1 N–H and O–H groups in total. The Balaban J connectivity index is 1.64. The van der Waals surface area contributed by atoms with E-state index < -0.39 is 0 Å². The molecule has 27 heavy (non-hydrogen) atoms. The van der Waals surface area contributed by atoms with E-state index in [-0.39, 0.29) is 40.7 Å². The first-order chi connectivity index (χ1) is 12.7. The average Bonchev–Trinajstić information content (AvgIpc) is 2.91. The predicted octanol–water partition coefficient (Wildman–Crippen LogP) is 4.06. The van der Waals surface area contributed by atoms with Gasteiger partial charge in [0.25, 0.3) is 0 Å². The molecular formula is C23H34O4. The molecule has 0 saturated heterocycles. The largest absolute Gasteiger partial charge is 0.463 e. The molecule has 3 saturated carbocycles. The van der Waals surface area contributed by atoms with Gasteiger partial charge in [-0.25, -0.2) is 0 Å². The molecule has 0 bridgehead atoms. The van der Waals surface area contributed by atoms with Crippen molar-refractivity contribution in [2.24, 2.45) is 34.5 Å². The van der Waals surface area contributed by atoms with Crippen molar-refractivity contribution in [2.45, 2.75) is 84.8 Å². The lowest BCUT2D eigenvalue weighted by Gasteiger charge is -2.60. The standard InChI is InChI=1S/C23H34O4/c1-13(27-14(2)24)18-7-8-19-17-6-5-15-11-16(25)9-10-22(15,3)21(17)20(26)12-23(18,19)4/h11,13,17-21,26H,5-10,12H2,1-4H3/t13-,17-,18+,19-,20+,21+,22+,23+/m1/s1. The zero-order valence-corrected chi connectivity index (χ0v) is 17.2. The predicted molar refractivity (Wildman–Crippen MR) is 103 cm³/mol. The van der Waals surface area contributed by atoms with Gasteiger partial charge in [0.05, 0.1) is 6.10 Å². The van der Waals surface area contributed by atoms with Crippen molar-refractivity contribution in [1.82, 2.24) is 0 Å². The van der Waals surface area contributed by atoms with Crippen LogP contribution in [-0.2, 0) is 14.3 Å².